The molecule has 0 bridgehead atoms. The first kappa shape index (κ1) is 21.1. The fraction of sp³-hybridized carbons (Fsp3) is 0.308. The molecule has 3 aromatic rings. The summed E-state index contributed by atoms with van der Waals surface area (Å²) in [6.45, 7) is 3.32. The summed E-state index contributed by atoms with van der Waals surface area (Å²) in [5, 5.41) is 6.71. The van der Waals surface area contributed by atoms with Crippen molar-refractivity contribution >= 4 is 29.2 Å². The fourth-order valence-electron chi connectivity index (χ4n) is 3.86. The van der Waals surface area contributed by atoms with E-state index in [2.05, 4.69) is 95.1 Å². The number of hydrogen-bond acceptors (Lipinski definition) is 5. The zero-order valence-electron chi connectivity index (χ0n) is 18.7. The molecule has 0 saturated heterocycles. The van der Waals surface area contributed by atoms with Crippen molar-refractivity contribution in [2.75, 3.05) is 31.3 Å². The van der Waals surface area contributed by atoms with Gasteiger partial charge in [-0.25, -0.2) is 4.98 Å². The van der Waals surface area contributed by atoms with E-state index in [0.29, 0.717) is 5.95 Å². The molecule has 0 fully saturated rings. The molecule has 0 radical (unpaired) electrons. The highest BCUT2D eigenvalue weighted by Gasteiger charge is 2.10. The molecule has 2 N–H and O–H groups in total. The Morgan fingerprint density at radius 3 is 2.55 bits per heavy atom. The topological polar surface area (TPSA) is 53.1 Å². The highest BCUT2D eigenvalue weighted by atomic mass is 15.1. The van der Waals surface area contributed by atoms with E-state index in [1.807, 2.05) is 6.07 Å². The number of aromatic nitrogens is 2. The maximum atomic E-state index is 4.62. The van der Waals surface area contributed by atoms with Crippen LogP contribution >= 0.6 is 0 Å². The van der Waals surface area contributed by atoms with Crippen LogP contribution < -0.4 is 10.6 Å². The number of allylic oxidation sites excluding steroid dienone is 1. The van der Waals surface area contributed by atoms with E-state index >= 15 is 0 Å². The maximum Gasteiger partial charge on any atom is 0.229 e. The second-order valence-corrected chi connectivity index (χ2v) is 8.55. The lowest BCUT2D eigenvalue weighted by atomic mass is 10.1. The van der Waals surface area contributed by atoms with Gasteiger partial charge in [-0.3, -0.25) is 0 Å². The number of rotatable bonds is 9. The summed E-state index contributed by atoms with van der Waals surface area (Å²) in [5.41, 5.74) is 7.47. The molecule has 1 heterocycles. The van der Waals surface area contributed by atoms with Crippen LogP contribution in [0.15, 0.2) is 60.3 Å². The average Bonchev–Trinajstić information content (AvgIpc) is 3.12. The van der Waals surface area contributed by atoms with Gasteiger partial charge in [0.05, 0.1) is 0 Å². The molecule has 2 aromatic carbocycles. The first-order chi connectivity index (χ1) is 15.0. The third kappa shape index (κ3) is 5.92. The van der Waals surface area contributed by atoms with E-state index in [4.69, 9.17) is 0 Å². The lowest BCUT2D eigenvalue weighted by Crippen LogP contribution is -2.12. The van der Waals surface area contributed by atoms with Crippen molar-refractivity contribution in [3.05, 3.63) is 77.0 Å². The standard InChI is InChI=1S/C26H31N5/c1-19-16-21-9-12-24(18-22(21)17-19)28-25-13-14-27-26(30-25)29-23-10-7-20(8-11-23)6-4-5-15-31(2)3/h7-14,17-18H,4-6,15-16H2,1-3H3,(H2,27,28,29,30). The summed E-state index contributed by atoms with van der Waals surface area (Å²) >= 11 is 0. The number of aryl methyl sites for hydroxylation is 1. The minimum Gasteiger partial charge on any atom is -0.340 e. The summed E-state index contributed by atoms with van der Waals surface area (Å²) in [6.07, 6.45) is 8.61. The van der Waals surface area contributed by atoms with Crippen LogP contribution in [0.1, 0.15) is 36.5 Å². The van der Waals surface area contributed by atoms with Crippen LogP contribution in [0, 0.1) is 0 Å². The predicted octanol–water partition coefficient (Wildman–Crippen LogP) is 5.81. The second-order valence-electron chi connectivity index (χ2n) is 8.55. The molecule has 1 aromatic heterocycles. The average molecular weight is 414 g/mol. The summed E-state index contributed by atoms with van der Waals surface area (Å²) < 4.78 is 0. The van der Waals surface area contributed by atoms with Gasteiger partial charge in [0.25, 0.3) is 0 Å². The van der Waals surface area contributed by atoms with Crippen molar-refractivity contribution in [3.8, 4) is 0 Å². The Morgan fingerprint density at radius 2 is 1.74 bits per heavy atom. The number of nitrogens with zero attached hydrogens (tertiary/aromatic N) is 3. The van der Waals surface area contributed by atoms with Crippen molar-refractivity contribution in [2.24, 2.45) is 0 Å². The van der Waals surface area contributed by atoms with Gasteiger partial charge in [0, 0.05) is 17.6 Å². The highest BCUT2D eigenvalue weighted by Crippen LogP contribution is 2.28. The van der Waals surface area contributed by atoms with Crippen molar-refractivity contribution in [1.29, 1.82) is 0 Å². The first-order valence-corrected chi connectivity index (χ1v) is 11.0. The predicted molar refractivity (Wildman–Crippen MR) is 130 cm³/mol. The smallest absolute Gasteiger partial charge is 0.229 e. The molecule has 1 aliphatic rings. The van der Waals surface area contributed by atoms with Gasteiger partial charge in [0.2, 0.25) is 5.95 Å². The Morgan fingerprint density at radius 1 is 0.935 bits per heavy atom. The normalized spacial score (nSPS) is 12.6. The van der Waals surface area contributed by atoms with Crippen molar-refractivity contribution < 1.29 is 0 Å². The monoisotopic (exact) mass is 413 g/mol. The molecule has 0 saturated carbocycles. The molecule has 31 heavy (non-hydrogen) atoms. The van der Waals surface area contributed by atoms with Gasteiger partial charge in [0.1, 0.15) is 5.82 Å². The lowest BCUT2D eigenvalue weighted by Gasteiger charge is -2.10. The van der Waals surface area contributed by atoms with Gasteiger partial charge >= 0.3 is 0 Å². The number of anilines is 4. The Kier molecular flexibility index (Phi) is 6.63. The van der Waals surface area contributed by atoms with Gasteiger partial charge in [0.15, 0.2) is 0 Å². The van der Waals surface area contributed by atoms with E-state index in [-0.39, 0.29) is 0 Å². The van der Waals surface area contributed by atoms with Gasteiger partial charge in [-0.05, 0) is 100 Å². The zero-order chi connectivity index (χ0) is 21.6. The molecule has 4 rings (SSSR count). The molecular formula is C26H31N5. The van der Waals surface area contributed by atoms with E-state index in [0.717, 1.165) is 36.6 Å². The van der Waals surface area contributed by atoms with Crippen molar-refractivity contribution in [2.45, 2.75) is 32.6 Å². The molecule has 5 heteroatoms. The third-order valence-electron chi connectivity index (χ3n) is 5.48. The van der Waals surface area contributed by atoms with E-state index in [1.165, 1.54) is 35.1 Å². The Bertz CT molecular complexity index is 1050. The summed E-state index contributed by atoms with van der Waals surface area (Å²) in [4.78, 5) is 11.2. The first-order valence-electron chi connectivity index (χ1n) is 11.0. The second kappa shape index (κ2) is 9.75. The molecule has 1 aliphatic carbocycles. The third-order valence-corrected chi connectivity index (χ3v) is 5.48. The Hall–Kier alpha value is -3.18. The highest BCUT2D eigenvalue weighted by molar-refractivity contribution is 5.70. The maximum absolute atomic E-state index is 4.62. The number of benzene rings is 2. The van der Waals surface area contributed by atoms with Crippen molar-refractivity contribution in [3.63, 3.8) is 0 Å². The van der Waals surface area contributed by atoms with Crippen LogP contribution in [0.4, 0.5) is 23.1 Å². The summed E-state index contributed by atoms with van der Waals surface area (Å²) in [6, 6.07) is 16.9. The van der Waals surface area contributed by atoms with Crippen LogP contribution in [0.25, 0.3) is 6.08 Å². The summed E-state index contributed by atoms with van der Waals surface area (Å²) in [5.74, 6) is 1.36. The molecule has 0 aliphatic heterocycles. The molecule has 5 nitrogen and oxygen atoms in total. The minimum atomic E-state index is 0.584. The van der Waals surface area contributed by atoms with Crippen LogP contribution in [-0.4, -0.2) is 35.5 Å². The molecule has 0 amide bonds. The molecular weight excluding hydrogens is 382 g/mol. The van der Waals surface area contributed by atoms with E-state index in [1.54, 1.807) is 6.20 Å². The van der Waals surface area contributed by atoms with Gasteiger partial charge in [-0.1, -0.05) is 29.8 Å². The zero-order valence-corrected chi connectivity index (χ0v) is 18.7. The molecule has 0 unspecified atom stereocenters. The van der Waals surface area contributed by atoms with E-state index < -0.39 is 0 Å². The molecule has 160 valence electrons. The number of unbranched alkanes of at least 4 members (excludes halogenated alkanes) is 1. The van der Waals surface area contributed by atoms with Crippen LogP contribution in [0.3, 0.4) is 0 Å². The van der Waals surface area contributed by atoms with Gasteiger partial charge in [-0.15, -0.1) is 0 Å². The quantitative estimate of drug-likeness (QED) is 0.434. The Balaban J connectivity index is 1.35. The van der Waals surface area contributed by atoms with Crippen LogP contribution in [-0.2, 0) is 12.8 Å². The number of nitrogens with one attached hydrogen (secondary N) is 2. The van der Waals surface area contributed by atoms with Gasteiger partial charge < -0.3 is 15.5 Å². The number of fused-ring (bicyclic) bond motifs is 1. The Labute approximate surface area is 185 Å². The van der Waals surface area contributed by atoms with Crippen LogP contribution in [0.2, 0.25) is 0 Å². The molecule has 0 spiro atoms. The lowest BCUT2D eigenvalue weighted by molar-refractivity contribution is 0.394. The van der Waals surface area contributed by atoms with Crippen molar-refractivity contribution in [1.82, 2.24) is 14.9 Å². The summed E-state index contributed by atoms with van der Waals surface area (Å²) in [7, 11) is 4.24. The van der Waals surface area contributed by atoms with Gasteiger partial charge in [-0.2, -0.15) is 4.98 Å². The van der Waals surface area contributed by atoms with E-state index in [9.17, 15) is 0 Å². The number of hydrogen-bond donors (Lipinski definition) is 2. The largest absolute Gasteiger partial charge is 0.340 e. The SMILES string of the molecule is CC1=Cc2cc(Nc3ccnc(Nc4ccc(CCCCN(C)C)cc4)n3)ccc2C1. The van der Waals surface area contributed by atoms with Crippen LogP contribution in [0.5, 0.6) is 0 Å². The minimum absolute atomic E-state index is 0.584. The fourth-order valence-corrected chi connectivity index (χ4v) is 3.86. The molecule has 0 atom stereocenters.